The number of rotatable bonds is 7. The predicted octanol–water partition coefficient (Wildman–Crippen LogP) is 2.82. The van der Waals surface area contributed by atoms with E-state index >= 15 is 0 Å². The lowest BCUT2D eigenvalue weighted by Gasteiger charge is -2.14. The number of aliphatic hydroxyl groups excluding tert-OH is 1. The van der Waals surface area contributed by atoms with Gasteiger partial charge in [-0.15, -0.1) is 0 Å². The van der Waals surface area contributed by atoms with Crippen LogP contribution in [0.1, 0.15) is 0 Å². The maximum atomic E-state index is 11.7. The van der Waals surface area contributed by atoms with E-state index in [0.29, 0.717) is 10.8 Å². The van der Waals surface area contributed by atoms with Gasteiger partial charge in [-0.25, -0.2) is 0 Å². The molecule has 1 aromatic rings. The Balaban J connectivity index is 2.24. The fraction of sp³-hybridized carbons (Fsp3) is 0.455. The lowest BCUT2D eigenvalue weighted by Crippen LogP contribution is -2.34. The van der Waals surface area contributed by atoms with E-state index in [0.717, 1.165) is 0 Å². The second kappa shape index (κ2) is 7.90. The summed E-state index contributed by atoms with van der Waals surface area (Å²) in [6.45, 7) is -1.82. The van der Waals surface area contributed by atoms with Gasteiger partial charge in [-0.2, -0.15) is 18.7 Å². The average molecular weight is 334 g/mol. The van der Waals surface area contributed by atoms with Gasteiger partial charge in [0, 0.05) is 5.02 Å². The molecule has 2 N–H and O–H groups in total. The maximum Gasteiger partial charge on any atom is 0.413 e. The van der Waals surface area contributed by atoms with Crippen molar-refractivity contribution in [3.8, 4) is 5.75 Å². The second-order valence-electron chi connectivity index (χ2n) is 3.79. The molecule has 20 heavy (non-hydrogen) atoms. The fourth-order valence-electron chi connectivity index (χ4n) is 1.13. The number of hydroxylamine groups is 1. The molecule has 1 rings (SSSR count). The van der Waals surface area contributed by atoms with Crippen molar-refractivity contribution in [2.75, 3.05) is 19.8 Å². The Bertz CT molecular complexity index is 432. The van der Waals surface area contributed by atoms with Gasteiger partial charge < -0.3 is 9.84 Å². The van der Waals surface area contributed by atoms with Crippen molar-refractivity contribution < 1.29 is 27.9 Å². The molecule has 4 nitrogen and oxygen atoms in total. The van der Waals surface area contributed by atoms with Gasteiger partial charge in [0.05, 0.1) is 11.6 Å². The van der Waals surface area contributed by atoms with Gasteiger partial charge in [0.1, 0.15) is 18.5 Å². The van der Waals surface area contributed by atoms with E-state index < -0.39 is 18.9 Å². The van der Waals surface area contributed by atoms with Crippen molar-refractivity contribution in [1.82, 2.24) is 5.48 Å². The summed E-state index contributed by atoms with van der Waals surface area (Å²) >= 11 is 11.5. The summed E-state index contributed by atoms with van der Waals surface area (Å²) in [6, 6.07) is 4.54. The minimum atomic E-state index is -4.43. The van der Waals surface area contributed by atoms with Crippen LogP contribution in [0.2, 0.25) is 10.0 Å². The van der Waals surface area contributed by atoms with E-state index in [1.165, 1.54) is 12.1 Å². The first-order valence-electron chi connectivity index (χ1n) is 5.45. The van der Waals surface area contributed by atoms with Gasteiger partial charge in [0.15, 0.2) is 6.61 Å². The third-order valence-corrected chi connectivity index (χ3v) is 2.51. The van der Waals surface area contributed by atoms with Crippen LogP contribution < -0.4 is 10.2 Å². The monoisotopic (exact) mass is 333 g/mol. The molecule has 114 valence electrons. The molecular formula is C11H12Cl2F3NO3. The number of halogens is 5. The van der Waals surface area contributed by atoms with Gasteiger partial charge in [0.2, 0.25) is 0 Å². The zero-order valence-electron chi connectivity index (χ0n) is 10.1. The molecule has 9 heteroatoms. The first kappa shape index (κ1) is 17.3. The van der Waals surface area contributed by atoms with Crippen LogP contribution >= 0.6 is 23.2 Å². The highest BCUT2D eigenvalue weighted by Gasteiger charge is 2.27. The molecule has 0 aliphatic heterocycles. The lowest BCUT2D eigenvalue weighted by atomic mass is 10.3. The van der Waals surface area contributed by atoms with Crippen molar-refractivity contribution in [1.29, 1.82) is 0 Å². The molecule has 0 heterocycles. The molecule has 0 amide bonds. The number of benzene rings is 1. The van der Waals surface area contributed by atoms with E-state index in [1.807, 2.05) is 5.48 Å². The maximum absolute atomic E-state index is 11.7. The fourth-order valence-corrected chi connectivity index (χ4v) is 1.59. The lowest BCUT2D eigenvalue weighted by molar-refractivity contribution is -0.191. The molecule has 1 unspecified atom stereocenters. The van der Waals surface area contributed by atoms with Gasteiger partial charge in [-0.05, 0) is 18.2 Å². The molecule has 0 aromatic heterocycles. The third-order valence-electron chi connectivity index (χ3n) is 1.98. The van der Waals surface area contributed by atoms with Crippen molar-refractivity contribution in [2.45, 2.75) is 12.3 Å². The summed E-state index contributed by atoms with van der Waals surface area (Å²) in [5.74, 6) is 0.311. The van der Waals surface area contributed by atoms with Crippen LogP contribution in [0.4, 0.5) is 13.2 Å². The van der Waals surface area contributed by atoms with E-state index in [4.69, 9.17) is 27.9 Å². The molecule has 0 radical (unpaired) electrons. The SMILES string of the molecule is OC(CNOCC(F)(F)F)COc1ccc(Cl)cc1Cl. The van der Waals surface area contributed by atoms with Crippen LogP contribution in [-0.4, -0.2) is 37.1 Å². The van der Waals surface area contributed by atoms with E-state index in [2.05, 4.69) is 4.84 Å². The van der Waals surface area contributed by atoms with Gasteiger partial charge in [-0.1, -0.05) is 23.2 Å². The van der Waals surface area contributed by atoms with Crippen LogP contribution in [0.3, 0.4) is 0 Å². The summed E-state index contributed by atoms with van der Waals surface area (Å²) in [5.41, 5.74) is 2.00. The molecule has 0 fully saturated rings. The van der Waals surface area contributed by atoms with Crippen LogP contribution in [-0.2, 0) is 4.84 Å². The summed E-state index contributed by atoms with van der Waals surface area (Å²) in [5, 5.41) is 10.2. The Labute approximate surface area is 123 Å². The highest BCUT2D eigenvalue weighted by Crippen LogP contribution is 2.27. The van der Waals surface area contributed by atoms with Crippen molar-refractivity contribution in [2.24, 2.45) is 0 Å². The summed E-state index contributed by atoms with van der Waals surface area (Å²) < 4.78 is 40.4. The van der Waals surface area contributed by atoms with Crippen molar-refractivity contribution in [3.05, 3.63) is 28.2 Å². The smallest absolute Gasteiger partial charge is 0.413 e. The largest absolute Gasteiger partial charge is 0.489 e. The topological polar surface area (TPSA) is 50.7 Å². The third kappa shape index (κ3) is 7.16. The molecular weight excluding hydrogens is 322 g/mol. The Hall–Kier alpha value is -0.730. The Morgan fingerprint density at radius 2 is 2.00 bits per heavy atom. The first-order chi connectivity index (χ1) is 9.28. The minimum absolute atomic E-state index is 0.163. The Kier molecular flexibility index (Phi) is 6.84. The summed E-state index contributed by atoms with van der Waals surface area (Å²) in [6.07, 6.45) is -5.49. The minimum Gasteiger partial charge on any atom is -0.489 e. The average Bonchev–Trinajstić information content (AvgIpc) is 2.32. The predicted molar refractivity (Wildman–Crippen MR) is 68.0 cm³/mol. The summed E-state index contributed by atoms with van der Waals surface area (Å²) in [7, 11) is 0. The molecule has 0 spiro atoms. The van der Waals surface area contributed by atoms with Gasteiger partial charge >= 0.3 is 6.18 Å². The molecule has 0 aliphatic rings. The molecule has 0 saturated heterocycles. The van der Waals surface area contributed by atoms with E-state index in [-0.39, 0.29) is 18.2 Å². The number of alkyl halides is 3. The van der Waals surface area contributed by atoms with Crippen LogP contribution in [0.15, 0.2) is 18.2 Å². The Morgan fingerprint density at radius 1 is 1.30 bits per heavy atom. The van der Waals surface area contributed by atoms with Crippen LogP contribution in [0.5, 0.6) is 5.75 Å². The normalized spacial score (nSPS) is 13.3. The zero-order chi connectivity index (χ0) is 15.2. The van der Waals surface area contributed by atoms with Gasteiger partial charge in [-0.3, -0.25) is 4.84 Å². The molecule has 0 saturated carbocycles. The van der Waals surface area contributed by atoms with E-state index in [9.17, 15) is 18.3 Å². The van der Waals surface area contributed by atoms with Crippen LogP contribution in [0.25, 0.3) is 0 Å². The van der Waals surface area contributed by atoms with Crippen LogP contribution in [0, 0.1) is 0 Å². The second-order valence-corrected chi connectivity index (χ2v) is 4.64. The first-order valence-corrected chi connectivity index (χ1v) is 6.21. The van der Waals surface area contributed by atoms with E-state index in [1.54, 1.807) is 6.07 Å². The molecule has 1 atom stereocenters. The number of ether oxygens (including phenoxy) is 1. The standard InChI is InChI=1S/C11H12Cl2F3NO3/c12-7-1-2-10(9(13)3-7)19-5-8(18)4-17-20-6-11(14,15)16/h1-3,8,17-18H,4-6H2. The molecule has 1 aromatic carbocycles. The number of hydrogen-bond donors (Lipinski definition) is 2. The van der Waals surface area contributed by atoms with Gasteiger partial charge in [0.25, 0.3) is 0 Å². The number of nitrogens with one attached hydrogen (secondary N) is 1. The zero-order valence-corrected chi connectivity index (χ0v) is 11.6. The molecule has 0 bridgehead atoms. The molecule has 0 aliphatic carbocycles. The van der Waals surface area contributed by atoms with Crippen molar-refractivity contribution >= 4 is 23.2 Å². The quantitative estimate of drug-likeness (QED) is 0.595. The highest BCUT2D eigenvalue weighted by atomic mass is 35.5. The van der Waals surface area contributed by atoms with Crippen molar-refractivity contribution in [3.63, 3.8) is 0 Å². The summed E-state index contributed by atoms with van der Waals surface area (Å²) in [4.78, 5) is 4.13. The Morgan fingerprint density at radius 3 is 2.60 bits per heavy atom. The number of hydrogen-bond acceptors (Lipinski definition) is 4. The highest BCUT2D eigenvalue weighted by molar-refractivity contribution is 6.35. The number of aliphatic hydroxyl groups is 1.